The van der Waals surface area contributed by atoms with Gasteiger partial charge in [-0.15, -0.1) is 11.3 Å². The SMILES string of the molecule is Brc1cccc(-c2cnc([C@@H]3COCN3)s2)n1. The van der Waals surface area contributed by atoms with E-state index in [1.807, 2.05) is 24.4 Å². The van der Waals surface area contributed by atoms with Gasteiger partial charge in [-0.05, 0) is 28.1 Å². The van der Waals surface area contributed by atoms with Crippen LogP contribution in [-0.4, -0.2) is 23.3 Å². The van der Waals surface area contributed by atoms with Crippen molar-refractivity contribution in [3.8, 4) is 10.6 Å². The monoisotopic (exact) mass is 311 g/mol. The van der Waals surface area contributed by atoms with Gasteiger partial charge >= 0.3 is 0 Å². The summed E-state index contributed by atoms with van der Waals surface area (Å²) in [6.07, 6.45) is 1.87. The molecule has 88 valence electrons. The predicted molar refractivity (Wildman–Crippen MR) is 69.7 cm³/mol. The molecule has 2 aromatic rings. The smallest absolute Gasteiger partial charge is 0.113 e. The van der Waals surface area contributed by atoms with E-state index in [4.69, 9.17) is 4.74 Å². The van der Waals surface area contributed by atoms with Crippen molar-refractivity contribution >= 4 is 27.3 Å². The average molecular weight is 312 g/mol. The highest BCUT2D eigenvalue weighted by Gasteiger charge is 2.20. The molecule has 3 rings (SSSR count). The van der Waals surface area contributed by atoms with Gasteiger partial charge in [0.1, 0.15) is 9.61 Å². The Morgan fingerprint density at radius 1 is 1.47 bits per heavy atom. The van der Waals surface area contributed by atoms with Crippen molar-refractivity contribution in [3.63, 3.8) is 0 Å². The molecule has 6 heteroatoms. The van der Waals surface area contributed by atoms with Gasteiger partial charge < -0.3 is 4.74 Å². The van der Waals surface area contributed by atoms with Crippen molar-refractivity contribution < 1.29 is 4.74 Å². The summed E-state index contributed by atoms with van der Waals surface area (Å²) in [5.74, 6) is 0. The first-order valence-corrected chi connectivity index (χ1v) is 6.83. The molecule has 0 unspecified atom stereocenters. The average Bonchev–Trinajstić information content (AvgIpc) is 3.00. The van der Waals surface area contributed by atoms with E-state index in [2.05, 4.69) is 31.2 Å². The molecule has 1 fully saturated rings. The first-order valence-electron chi connectivity index (χ1n) is 5.23. The zero-order chi connectivity index (χ0) is 11.7. The van der Waals surface area contributed by atoms with Gasteiger partial charge in [0, 0.05) is 6.20 Å². The van der Waals surface area contributed by atoms with Crippen molar-refractivity contribution in [3.05, 3.63) is 34.0 Å². The molecule has 1 saturated heterocycles. The molecule has 4 nitrogen and oxygen atoms in total. The Labute approximate surface area is 111 Å². The molecule has 3 heterocycles. The Balaban J connectivity index is 1.89. The van der Waals surface area contributed by atoms with Crippen LogP contribution >= 0.6 is 27.3 Å². The molecule has 0 saturated carbocycles. The van der Waals surface area contributed by atoms with E-state index >= 15 is 0 Å². The quantitative estimate of drug-likeness (QED) is 0.866. The maximum Gasteiger partial charge on any atom is 0.113 e. The Bertz CT molecular complexity index is 525. The lowest BCUT2D eigenvalue weighted by molar-refractivity contribution is 0.189. The fourth-order valence-corrected chi connectivity index (χ4v) is 2.96. The molecule has 0 amide bonds. The second kappa shape index (κ2) is 4.81. The van der Waals surface area contributed by atoms with Gasteiger partial charge in [0.15, 0.2) is 0 Å². The summed E-state index contributed by atoms with van der Waals surface area (Å²) in [7, 11) is 0. The molecule has 0 spiro atoms. The van der Waals surface area contributed by atoms with Crippen LogP contribution in [0.15, 0.2) is 29.0 Å². The van der Waals surface area contributed by atoms with Crippen LogP contribution in [0.25, 0.3) is 10.6 Å². The van der Waals surface area contributed by atoms with Gasteiger partial charge in [-0.1, -0.05) is 6.07 Å². The van der Waals surface area contributed by atoms with Gasteiger partial charge in [0.2, 0.25) is 0 Å². The number of hydrogen-bond donors (Lipinski definition) is 1. The summed E-state index contributed by atoms with van der Waals surface area (Å²) in [5.41, 5.74) is 0.946. The molecule has 1 atom stereocenters. The van der Waals surface area contributed by atoms with Crippen LogP contribution < -0.4 is 5.32 Å². The first-order chi connectivity index (χ1) is 8.33. The summed E-state index contributed by atoms with van der Waals surface area (Å²) >= 11 is 5.03. The van der Waals surface area contributed by atoms with Gasteiger partial charge in [0.05, 0.1) is 30.0 Å². The summed E-state index contributed by atoms with van der Waals surface area (Å²) < 4.78 is 6.12. The minimum Gasteiger partial charge on any atom is -0.364 e. The number of aromatic nitrogens is 2. The molecule has 1 aliphatic heterocycles. The molecule has 1 aliphatic rings. The van der Waals surface area contributed by atoms with E-state index < -0.39 is 0 Å². The third-order valence-electron chi connectivity index (χ3n) is 2.51. The van der Waals surface area contributed by atoms with Crippen molar-refractivity contribution in [1.29, 1.82) is 0 Å². The zero-order valence-electron chi connectivity index (χ0n) is 8.89. The lowest BCUT2D eigenvalue weighted by Crippen LogP contribution is -2.13. The Kier molecular flexibility index (Phi) is 3.19. The molecule has 0 aliphatic carbocycles. The van der Waals surface area contributed by atoms with E-state index in [1.54, 1.807) is 11.3 Å². The highest BCUT2D eigenvalue weighted by molar-refractivity contribution is 9.10. The Morgan fingerprint density at radius 2 is 2.41 bits per heavy atom. The van der Waals surface area contributed by atoms with Gasteiger partial charge in [0.25, 0.3) is 0 Å². The van der Waals surface area contributed by atoms with Crippen LogP contribution in [0.1, 0.15) is 11.0 Å². The molecule has 0 aromatic carbocycles. The van der Waals surface area contributed by atoms with Crippen LogP contribution in [0, 0.1) is 0 Å². The number of pyridine rings is 1. The Hall–Kier alpha value is -0.820. The maximum absolute atomic E-state index is 5.28. The summed E-state index contributed by atoms with van der Waals surface area (Å²) in [4.78, 5) is 9.92. The standard InChI is InChI=1S/C11H10BrN3OS/c12-10-3-1-2-7(15-10)9-4-13-11(17-9)8-5-16-6-14-8/h1-4,8,14H,5-6H2/t8-/m0/s1. The number of thiazole rings is 1. The van der Waals surface area contributed by atoms with E-state index in [0.29, 0.717) is 13.3 Å². The highest BCUT2D eigenvalue weighted by atomic mass is 79.9. The number of nitrogens with zero attached hydrogens (tertiary/aromatic N) is 2. The Morgan fingerprint density at radius 3 is 3.18 bits per heavy atom. The molecular weight excluding hydrogens is 302 g/mol. The fraction of sp³-hybridized carbons (Fsp3) is 0.273. The van der Waals surface area contributed by atoms with E-state index in [9.17, 15) is 0 Å². The van der Waals surface area contributed by atoms with Crippen molar-refractivity contribution in [2.45, 2.75) is 6.04 Å². The predicted octanol–water partition coefficient (Wildman–Crippen LogP) is 2.59. The van der Waals surface area contributed by atoms with Crippen LogP contribution in [0.5, 0.6) is 0 Å². The minimum atomic E-state index is 0.223. The topological polar surface area (TPSA) is 47.0 Å². The van der Waals surface area contributed by atoms with Crippen molar-refractivity contribution in [2.24, 2.45) is 0 Å². The zero-order valence-corrected chi connectivity index (χ0v) is 11.3. The summed E-state index contributed by atoms with van der Waals surface area (Å²) in [6, 6.07) is 6.10. The van der Waals surface area contributed by atoms with Gasteiger partial charge in [-0.3, -0.25) is 5.32 Å². The van der Waals surface area contributed by atoms with Crippen molar-refractivity contribution in [1.82, 2.24) is 15.3 Å². The van der Waals surface area contributed by atoms with Crippen molar-refractivity contribution in [2.75, 3.05) is 13.3 Å². The number of nitrogens with one attached hydrogen (secondary N) is 1. The number of hydrogen-bond acceptors (Lipinski definition) is 5. The molecule has 0 radical (unpaired) electrons. The normalized spacial score (nSPS) is 19.7. The van der Waals surface area contributed by atoms with Crippen LogP contribution in [0.4, 0.5) is 0 Å². The van der Waals surface area contributed by atoms with Gasteiger partial charge in [-0.2, -0.15) is 0 Å². The van der Waals surface area contributed by atoms with Gasteiger partial charge in [-0.25, -0.2) is 9.97 Å². The van der Waals surface area contributed by atoms with Crippen LogP contribution in [0.2, 0.25) is 0 Å². The summed E-state index contributed by atoms with van der Waals surface area (Å²) in [5, 5.41) is 4.30. The molecule has 17 heavy (non-hydrogen) atoms. The second-order valence-corrected chi connectivity index (χ2v) is 5.55. The fourth-order valence-electron chi connectivity index (χ4n) is 1.67. The van der Waals surface area contributed by atoms with E-state index in [1.165, 1.54) is 0 Å². The third-order valence-corrected chi connectivity index (χ3v) is 4.08. The molecule has 1 N–H and O–H groups in total. The van der Waals surface area contributed by atoms with Crippen LogP contribution in [-0.2, 0) is 4.74 Å². The first kappa shape index (κ1) is 11.3. The number of rotatable bonds is 2. The molecular formula is C11H10BrN3OS. The summed E-state index contributed by atoms with van der Waals surface area (Å²) in [6.45, 7) is 1.30. The number of ether oxygens (including phenoxy) is 1. The van der Waals surface area contributed by atoms with Crippen LogP contribution in [0.3, 0.4) is 0 Å². The third kappa shape index (κ3) is 2.40. The lowest BCUT2D eigenvalue weighted by Gasteiger charge is -2.01. The number of halogens is 1. The lowest BCUT2D eigenvalue weighted by atomic mass is 10.3. The largest absolute Gasteiger partial charge is 0.364 e. The van der Waals surface area contributed by atoms with E-state index in [0.717, 1.165) is 20.2 Å². The molecule has 2 aromatic heterocycles. The second-order valence-electron chi connectivity index (χ2n) is 3.68. The minimum absolute atomic E-state index is 0.223. The highest BCUT2D eigenvalue weighted by Crippen LogP contribution is 2.29. The van der Waals surface area contributed by atoms with E-state index in [-0.39, 0.29) is 6.04 Å². The molecule has 0 bridgehead atoms. The maximum atomic E-state index is 5.28.